The first-order chi connectivity index (χ1) is 6.18. The van der Waals surface area contributed by atoms with Crippen molar-refractivity contribution in [3.05, 3.63) is 35.1 Å². The Bertz CT molecular complexity index is 362. The van der Waals surface area contributed by atoms with Gasteiger partial charge in [-0.3, -0.25) is 4.79 Å². The third-order valence-electron chi connectivity index (χ3n) is 2.40. The molecule has 0 unspecified atom stereocenters. The van der Waals surface area contributed by atoms with E-state index in [0.29, 0.717) is 24.0 Å². The zero-order valence-electron chi connectivity index (χ0n) is 7.09. The summed E-state index contributed by atoms with van der Waals surface area (Å²) in [6, 6.07) is 3.99. The van der Waals surface area contributed by atoms with Crippen molar-refractivity contribution >= 4 is 5.78 Å². The van der Waals surface area contributed by atoms with Crippen LogP contribution in [0.4, 0.5) is 4.39 Å². The number of nitrogens with two attached hydrogens (primary N) is 1. The number of ketones is 1. The second kappa shape index (κ2) is 2.92. The lowest BCUT2D eigenvalue weighted by Crippen LogP contribution is -2.21. The molecule has 0 heterocycles. The lowest BCUT2D eigenvalue weighted by atomic mass is 9.87. The zero-order chi connectivity index (χ0) is 9.42. The lowest BCUT2D eigenvalue weighted by Gasteiger charge is -2.20. The summed E-state index contributed by atoms with van der Waals surface area (Å²) < 4.78 is 12.8. The van der Waals surface area contributed by atoms with Crippen molar-refractivity contribution in [2.45, 2.75) is 18.9 Å². The molecule has 68 valence electrons. The number of fused-ring (bicyclic) bond motifs is 1. The summed E-state index contributed by atoms with van der Waals surface area (Å²) in [7, 11) is 0. The Labute approximate surface area is 75.6 Å². The van der Waals surface area contributed by atoms with Gasteiger partial charge in [0.15, 0.2) is 5.78 Å². The molecule has 0 spiro atoms. The fourth-order valence-corrected chi connectivity index (χ4v) is 1.67. The normalized spacial score (nSPS) is 21.4. The molecule has 2 N–H and O–H groups in total. The minimum Gasteiger partial charge on any atom is -0.324 e. The fraction of sp³-hybridized carbons (Fsp3) is 0.300. The molecule has 0 saturated carbocycles. The highest BCUT2D eigenvalue weighted by molar-refractivity contribution is 5.98. The van der Waals surface area contributed by atoms with Crippen molar-refractivity contribution in [1.29, 1.82) is 0 Å². The van der Waals surface area contributed by atoms with E-state index in [1.807, 2.05) is 0 Å². The standard InChI is InChI=1S/C10H10FNO/c11-6-1-2-7-8(5-6)9(12)3-4-10(7)13/h1-2,5,9H,3-4,12H2/t9-/m1/s1. The molecule has 2 nitrogen and oxygen atoms in total. The highest BCUT2D eigenvalue weighted by Crippen LogP contribution is 2.28. The van der Waals surface area contributed by atoms with Gasteiger partial charge in [0.25, 0.3) is 0 Å². The summed E-state index contributed by atoms with van der Waals surface area (Å²) in [5, 5.41) is 0. The number of rotatable bonds is 0. The molecule has 1 aliphatic rings. The number of hydrogen-bond donors (Lipinski definition) is 1. The summed E-state index contributed by atoms with van der Waals surface area (Å²) in [5.41, 5.74) is 6.99. The molecule has 0 bridgehead atoms. The van der Waals surface area contributed by atoms with Gasteiger partial charge in [0.05, 0.1) is 0 Å². The number of hydrogen-bond acceptors (Lipinski definition) is 2. The van der Waals surface area contributed by atoms with E-state index < -0.39 is 0 Å². The lowest BCUT2D eigenvalue weighted by molar-refractivity contribution is 0.0967. The summed E-state index contributed by atoms with van der Waals surface area (Å²) in [5.74, 6) is -0.263. The van der Waals surface area contributed by atoms with Gasteiger partial charge in [0.1, 0.15) is 5.82 Å². The van der Waals surface area contributed by atoms with Gasteiger partial charge in [-0.1, -0.05) is 0 Å². The molecule has 2 rings (SSSR count). The van der Waals surface area contributed by atoms with Crippen LogP contribution >= 0.6 is 0 Å². The molecule has 3 heteroatoms. The van der Waals surface area contributed by atoms with E-state index in [9.17, 15) is 9.18 Å². The van der Waals surface area contributed by atoms with Crippen molar-refractivity contribution in [3.63, 3.8) is 0 Å². The third kappa shape index (κ3) is 1.35. The van der Waals surface area contributed by atoms with Crippen molar-refractivity contribution < 1.29 is 9.18 Å². The molecule has 0 amide bonds. The van der Waals surface area contributed by atoms with Gasteiger partial charge in [0.2, 0.25) is 0 Å². The molecule has 0 saturated heterocycles. The van der Waals surface area contributed by atoms with Gasteiger partial charge in [-0.15, -0.1) is 0 Å². The number of benzene rings is 1. The second-order valence-electron chi connectivity index (χ2n) is 3.30. The van der Waals surface area contributed by atoms with Crippen LogP contribution in [0.25, 0.3) is 0 Å². The SMILES string of the molecule is N[C@@H]1CCC(=O)c2ccc(F)cc21. The van der Waals surface area contributed by atoms with Crippen molar-refractivity contribution in [2.75, 3.05) is 0 Å². The zero-order valence-corrected chi connectivity index (χ0v) is 7.09. The molecule has 0 radical (unpaired) electrons. The molecule has 0 fully saturated rings. The van der Waals surface area contributed by atoms with Crippen LogP contribution in [0.1, 0.15) is 34.8 Å². The van der Waals surface area contributed by atoms with Crippen molar-refractivity contribution in [2.24, 2.45) is 5.73 Å². The summed E-state index contributed by atoms with van der Waals surface area (Å²) in [4.78, 5) is 11.4. The van der Waals surface area contributed by atoms with Crippen molar-refractivity contribution in [3.8, 4) is 0 Å². The van der Waals surface area contributed by atoms with E-state index >= 15 is 0 Å². The first-order valence-corrected chi connectivity index (χ1v) is 4.26. The average molecular weight is 179 g/mol. The first-order valence-electron chi connectivity index (χ1n) is 4.26. The highest BCUT2D eigenvalue weighted by Gasteiger charge is 2.22. The minimum absolute atomic E-state index is 0.0664. The summed E-state index contributed by atoms with van der Waals surface area (Å²) in [6.45, 7) is 0. The van der Waals surface area contributed by atoms with E-state index in [-0.39, 0.29) is 17.6 Å². The smallest absolute Gasteiger partial charge is 0.163 e. The van der Waals surface area contributed by atoms with Crippen LogP contribution in [0.3, 0.4) is 0 Å². The number of halogens is 1. The molecule has 1 aromatic carbocycles. The molecular weight excluding hydrogens is 169 g/mol. The van der Waals surface area contributed by atoms with Crippen LogP contribution in [0.2, 0.25) is 0 Å². The molecule has 0 aromatic heterocycles. The molecule has 13 heavy (non-hydrogen) atoms. The second-order valence-corrected chi connectivity index (χ2v) is 3.30. The Morgan fingerprint density at radius 3 is 3.00 bits per heavy atom. The molecule has 1 atom stereocenters. The monoisotopic (exact) mass is 179 g/mol. The summed E-state index contributed by atoms with van der Waals surface area (Å²) >= 11 is 0. The Morgan fingerprint density at radius 1 is 1.46 bits per heavy atom. The predicted molar refractivity (Wildman–Crippen MR) is 46.9 cm³/mol. The van der Waals surface area contributed by atoms with Gasteiger partial charge < -0.3 is 5.73 Å². The Balaban J connectivity index is 2.57. The Morgan fingerprint density at radius 2 is 2.23 bits per heavy atom. The number of Topliss-reactive ketones (excluding diaryl/α,β-unsaturated/α-hetero) is 1. The Hall–Kier alpha value is -1.22. The summed E-state index contributed by atoms with van der Waals surface area (Å²) in [6.07, 6.45) is 1.09. The molecule has 0 aliphatic heterocycles. The van der Waals surface area contributed by atoms with Gasteiger partial charge in [-0.05, 0) is 30.2 Å². The quantitative estimate of drug-likeness (QED) is 0.659. The van der Waals surface area contributed by atoms with Gasteiger partial charge in [-0.2, -0.15) is 0 Å². The van der Waals surface area contributed by atoms with Crippen LogP contribution in [-0.4, -0.2) is 5.78 Å². The van der Waals surface area contributed by atoms with E-state index in [1.54, 1.807) is 0 Å². The maximum absolute atomic E-state index is 12.8. The van der Waals surface area contributed by atoms with Crippen molar-refractivity contribution in [1.82, 2.24) is 0 Å². The molecule has 1 aromatic rings. The Kier molecular flexibility index (Phi) is 1.88. The van der Waals surface area contributed by atoms with Crippen LogP contribution in [-0.2, 0) is 0 Å². The van der Waals surface area contributed by atoms with Gasteiger partial charge in [0, 0.05) is 18.0 Å². The third-order valence-corrected chi connectivity index (χ3v) is 2.40. The number of carbonyl (C=O) groups excluding carboxylic acids is 1. The van der Waals surface area contributed by atoms with Crippen LogP contribution in [0.15, 0.2) is 18.2 Å². The van der Waals surface area contributed by atoms with E-state index in [4.69, 9.17) is 5.73 Å². The highest BCUT2D eigenvalue weighted by atomic mass is 19.1. The molecule has 1 aliphatic carbocycles. The fourth-order valence-electron chi connectivity index (χ4n) is 1.67. The van der Waals surface area contributed by atoms with Crippen LogP contribution in [0, 0.1) is 5.82 Å². The van der Waals surface area contributed by atoms with Crippen LogP contribution in [0.5, 0.6) is 0 Å². The van der Waals surface area contributed by atoms with E-state index in [0.717, 1.165) is 0 Å². The number of carbonyl (C=O) groups is 1. The van der Waals surface area contributed by atoms with Gasteiger partial charge in [-0.25, -0.2) is 4.39 Å². The largest absolute Gasteiger partial charge is 0.324 e. The molecular formula is C10H10FNO. The van der Waals surface area contributed by atoms with Gasteiger partial charge >= 0.3 is 0 Å². The maximum Gasteiger partial charge on any atom is 0.163 e. The average Bonchev–Trinajstić information content (AvgIpc) is 2.12. The van der Waals surface area contributed by atoms with E-state index in [2.05, 4.69) is 0 Å². The van der Waals surface area contributed by atoms with E-state index in [1.165, 1.54) is 18.2 Å². The first kappa shape index (κ1) is 8.38. The topological polar surface area (TPSA) is 43.1 Å². The predicted octanol–water partition coefficient (Wildman–Crippen LogP) is 1.80. The van der Waals surface area contributed by atoms with Crippen LogP contribution < -0.4 is 5.73 Å². The minimum atomic E-state index is -0.330. The maximum atomic E-state index is 12.8.